The summed E-state index contributed by atoms with van der Waals surface area (Å²) in [6.45, 7) is 0.476. The van der Waals surface area contributed by atoms with Gasteiger partial charge in [-0.1, -0.05) is 12.1 Å². The number of benzene rings is 1. The Balaban J connectivity index is 1.73. The van der Waals surface area contributed by atoms with Gasteiger partial charge in [0.2, 0.25) is 5.91 Å². The highest BCUT2D eigenvalue weighted by molar-refractivity contribution is 9.10. The lowest BCUT2D eigenvalue weighted by Gasteiger charge is -2.20. The molecule has 0 unspecified atom stereocenters. The number of amides is 2. The molecule has 120 valence electrons. The number of para-hydroxylation sites is 1. The van der Waals surface area contributed by atoms with Crippen LogP contribution in [0.4, 0.5) is 5.69 Å². The summed E-state index contributed by atoms with van der Waals surface area (Å²) < 4.78 is 1.02. The largest absolute Gasteiger partial charge is 0.347 e. The van der Waals surface area contributed by atoms with Gasteiger partial charge in [-0.3, -0.25) is 9.59 Å². The molecule has 1 aromatic carbocycles. The van der Waals surface area contributed by atoms with Crippen molar-refractivity contribution in [2.24, 2.45) is 5.92 Å². The van der Waals surface area contributed by atoms with Crippen molar-refractivity contribution >= 4 is 44.8 Å². The molecule has 1 aromatic heterocycles. The van der Waals surface area contributed by atoms with Gasteiger partial charge in [-0.15, -0.1) is 11.3 Å². The molecule has 2 aromatic rings. The maximum Gasteiger partial charge on any atom is 0.253 e. The standard InChI is InChI=1S/C17H17BrN2O2S/c1-20(17(22)11-6-7-11)15-5-3-2-4-14(15)16(21)19-9-13-8-12(18)10-23-13/h2-5,8,10-11H,6-7,9H2,1H3,(H,19,21). The number of carbonyl (C=O) groups is 2. The van der Waals surface area contributed by atoms with Crippen molar-refractivity contribution in [2.45, 2.75) is 19.4 Å². The molecule has 1 saturated carbocycles. The Labute approximate surface area is 147 Å². The second kappa shape index (κ2) is 6.84. The minimum Gasteiger partial charge on any atom is -0.347 e. The van der Waals surface area contributed by atoms with Gasteiger partial charge in [-0.2, -0.15) is 0 Å². The summed E-state index contributed by atoms with van der Waals surface area (Å²) in [7, 11) is 1.74. The third-order valence-electron chi connectivity index (χ3n) is 3.81. The van der Waals surface area contributed by atoms with Crippen LogP contribution in [0.5, 0.6) is 0 Å². The maximum absolute atomic E-state index is 12.5. The molecule has 1 N–H and O–H groups in total. The average molecular weight is 393 g/mol. The van der Waals surface area contributed by atoms with Gasteiger partial charge in [0.25, 0.3) is 5.91 Å². The van der Waals surface area contributed by atoms with Gasteiger partial charge in [0.15, 0.2) is 0 Å². The zero-order valence-corrected chi connectivity index (χ0v) is 15.1. The number of thiophene rings is 1. The summed E-state index contributed by atoms with van der Waals surface area (Å²) in [5, 5.41) is 4.90. The van der Waals surface area contributed by atoms with Crippen LogP contribution in [0.25, 0.3) is 0 Å². The predicted molar refractivity (Wildman–Crippen MR) is 95.8 cm³/mol. The fourth-order valence-corrected chi connectivity index (χ4v) is 3.78. The number of nitrogens with zero attached hydrogens (tertiary/aromatic N) is 1. The van der Waals surface area contributed by atoms with E-state index < -0.39 is 0 Å². The maximum atomic E-state index is 12.5. The van der Waals surface area contributed by atoms with Gasteiger partial charge in [-0.05, 0) is 47.0 Å². The Hall–Kier alpha value is -1.66. The molecule has 0 spiro atoms. The third-order valence-corrected chi connectivity index (χ3v) is 5.51. The smallest absolute Gasteiger partial charge is 0.253 e. The first-order valence-electron chi connectivity index (χ1n) is 7.44. The highest BCUT2D eigenvalue weighted by Gasteiger charge is 2.33. The topological polar surface area (TPSA) is 49.4 Å². The summed E-state index contributed by atoms with van der Waals surface area (Å²) in [6.07, 6.45) is 1.90. The lowest BCUT2D eigenvalue weighted by molar-refractivity contribution is -0.119. The molecule has 0 radical (unpaired) electrons. The Kier molecular flexibility index (Phi) is 4.82. The number of hydrogen-bond acceptors (Lipinski definition) is 3. The van der Waals surface area contributed by atoms with Crippen LogP contribution >= 0.6 is 27.3 Å². The fraction of sp³-hybridized carbons (Fsp3) is 0.294. The molecule has 0 bridgehead atoms. The van der Waals surface area contributed by atoms with Gasteiger partial charge >= 0.3 is 0 Å². The van der Waals surface area contributed by atoms with E-state index in [1.807, 2.05) is 29.6 Å². The van der Waals surface area contributed by atoms with E-state index in [4.69, 9.17) is 0 Å². The van der Waals surface area contributed by atoms with Crippen LogP contribution in [0.2, 0.25) is 0 Å². The highest BCUT2D eigenvalue weighted by Crippen LogP contribution is 2.33. The predicted octanol–water partition coefficient (Wildman–Crippen LogP) is 3.81. The average Bonchev–Trinajstić information content (AvgIpc) is 3.33. The normalized spacial score (nSPS) is 13.7. The first-order valence-corrected chi connectivity index (χ1v) is 9.11. The van der Waals surface area contributed by atoms with E-state index >= 15 is 0 Å². The van der Waals surface area contributed by atoms with Crippen molar-refractivity contribution in [3.05, 3.63) is 50.6 Å². The van der Waals surface area contributed by atoms with E-state index in [-0.39, 0.29) is 17.7 Å². The zero-order valence-electron chi connectivity index (χ0n) is 12.7. The lowest BCUT2D eigenvalue weighted by Crippen LogP contribution is -2.31. The van der Waals surface area contributed by atoms with E-state index in [1.165, 1.54) is 0 Å². The minimum atomic E-state index is -0.166. The summed E-state index contributed by atoms with van der Waals surface area (Å²) in [6, 6.07) is 9.22. The molecule has 2 amide bonds. The Morgan fingerprint density at radius 1 is 1.35 bits per heavy atom. The Morgan fingerprint density at radius 3 is 2.74 bits per heavy atom. The molecule has 6 heteroatoms. The van der Waals surface area contributed by atoms with Crippen LogP contribution in [-0.4, -0.2) is 18.9 Å². The SMILES string of the molecule is CN(C(=O)C1CC1)c1ccccc1C(=O)NCc1cc(Br)cs1. The van der Waals surface area contributed by atoms with Gasteiger partial charge in [0.05, 0.1) is 17.8 Å². The van der Waals surface area contributed by atoms with E-state index in [9.17, 15) is 9.59 Å². The zero-order chi connectivity index (χ0) is 16.4. The van der Waals surface area contributed by atoms with Crippen molar-refractivity contribution < 1.29 is 9.59 Å². The number of rotatable bonds is 5. The van der Waals surface area contributed by atoms with Crippen molar-refractivity contribution in [1.82, 2.24) is 5.32 Å². The van der Waals surface area contributed by atoms with Crippen molar-refractivity contribution in [2.75, 3.05) is 11.9 Å². The van der Waals surface area contributed by atoms with Crippen LogP contribution < -0.4 is 10.2 Å². The van der Waals surface area contributed by atoms with Crippen molar-refractivity contribution in [3.8, 4) is 0 Å². The molecule has 23 heavy (non-hydrogen) atoms. The van der Waals surface area contributed by atoms with Crippen LogP contribution in [-0.2, 0) is 11.3 Å². The molecule has 0 aliphatic heterocycles. The van der Waals surface area contributed by atoms with Crippen LogP contribution in [0, 0.1) is 5.92 Å². The van der Waals surface area contributed by atoms with Crippen molar-refractivity contribution in [3.63, 3.8) is 0 Å². The molecule has 1 fully saturated rings. The van der Waals surface area contributed by atoms with E-state index in [1.54, 1.807) is 29.4 Å². The molecule has 1 aliphatic carbocycles. The van der Waals surface area contributed by atoms with Crippen LogP contribution in [0.1, 0.15) is 28.1 Å². The second-order valence-electron chi connectivity index (χ2n) is 5.60. The minimum absolute atomic E-state index is 0.0902. The second-order valence-corrected chi connectivity index (χ2v) is 7.51. The van der Waals surface area contributed by atoms with Gasteiger partial charge in [0.1, 0.15) is 0 Å². The van der Waals surface area contributed by atoms with Crippen LogP contribution in [0.15, 0.2) is 40.2 Å². The molecule has 0 atom stereocenters. The molecule has 1 heterocycles. The van der Waals surface area contributed by atoms with Gasteiger partial charge in [0, 0.05) is 27.7 Å². The van der Waals surface area contributed by atoms with E-state index in [0.717, 1.165) is 22.2 Å². The first kappa shape index (κ1) is 16.2. The lowest BCUT2D eigenvalue weighted by atomic mass is 10.1. The molecule has 1 aliphatic rings. The molecular weight excluding hydrogens is 376 g/mol. The molecule has 0 saturated heterocycles. The summed E-state index contributed by atoms with van der Waals surface area (Å²) in [5.74, 6) is 0.0487. The van der Waals surface area contributed by atoms with Crippen molar-refractivity contribution in [1.29, 1.82) is 0 Å². The summed E-state index contributed by atoms with van der Waals surface area (Å²) in [4.78, 5) is 27.4. The number of hydrogen-bond donors (Lipinski definition) is 1. The summed E-state index contributed by atoms with van der Waals surface area (Å²) in [5.41, 5.74) is 1.19. The number of nitrogens with one attached hydrogen (secondary N) is 1. The van der Waals surface area contributed by atoms with E-state index in [0.29, 0.717) is 17.8 Å². The highest BCUT2D eigenvalue weighted by atomic mass is 79.9. The number of anilines is 1. The van der Waals surface area contributed by atoms with E-state index in [2.05, 4.69) is 21.2 Å². The number of carbonyl (C=O) groups excluding carboxylic acids is 2. The fourth-order valence-electron chi connectivity index (χ4n) is 2.39. The third kappa shape index (κ3) is 3.82. The van der Waals surface area contributed by atoms with Crippen LogP contribution in [0.3, 0.4) is 0 Å². The van der Waals surface area contributed by atoms with Gasteiger partial charge < -0.3 is 10.2 Å². The number of halogens is 1. The summed E-state index contributed by atoms with van der Waals surface area (Å²) >= 11 is 4.99. The molecule has 3 rings (SSSR count). The monoisotopic (exact) mass is 392 g/mol. The molecular formula is C17H17BrN2O2S. The quantitative estimate of drug-likeness (QED) is 0.840. The molecule has 4 nitrogen and oxygen atoms in total. The Bertz CT molecular complexity index is 740. The van der Waals surface area contributed by atoms with Gasteiger partial charge in [-0.25, -0.2) is 0 Å². The first-order chi connectivity index (χ1) is 11.1. The Morgan fingerprint density at radius 2 is 2.09 bits per heavy atom.